The Bertz CT molecular complexity index is 1330. The molecule has 216 valence electrons. The van der Waals surface area contributed by atoms with Gasteiger partial charge in [0.05, 0.1) is 18.6 Å². The van der Waals surface area contributed by atoms with E-state index in [9.17, 15) is 19.2 Å². The highest BCUT2D eigenvalue weighted by atomic mass is 16.5. The number of rotatable bonds is 12. The maximum Gasteiger partial charge on any atom is 0.338 e. The highest BCUT2D eigenvalue weighted by Crippen LogP contribution is 2.27. The van der Waals surface area contributed by atoms with Crippen molar-refractivity contribution in [3.63, 3.8) is 0 Å². The molecule has 0 saturated heterocycles. The van der Waals surface area contributed by atoms with Gasteiger partial charge in [-0.05, 0) is 78.1 Å². The van der Waals surface area contributed by atoms with Gasteiger partial charge in [0.2, 0.25) is 5.91 Å². The van der Waals surface area contributed by atoms with Crippen LogP contribution in [0.25, 0.3) is 0 Å². The van der Waals surface area contributed by atoms with Crippen molar-refractivity contribution in [3.05, 3.63) is 83.9 Å². The Hall–Kier alpha value is -4.66. The van der Waals surface area contributed by atoms with E-state index >= 15 is 0 Å². The van der Waals surface area contributed by atoms with Crippen molar-refractivity contribution in [2.24, 2.45) is 0 Å². The summed E-state index contributed by atoms with van der Waals surface area (Å²) in [7, 11) is 0. The number of ether oxygens (including phenoxy) is 3. The second-order valence-corrected chi connectivity index (χ2v) is 10.4. The SMILES string of the molecule is CCCOC(=O)c1ccc(NC(=O)COC(=O)CCC(=O)Nc2ccc(Oc3ccc(C(C)(C)C)cc3)cc2)cc1. The first-order valence-corrected chi connectivity index (χ1v) is 13.4. The number of carbonyl (C=O) groups excluding carboxylic acids is 4. The van der Waals surface area contributed by atoms with Crippen LogP contribution in [-0.2, 0) is 29.3 Å². The second-order valence-electron chi connectivity index (χ2n) is 10.4. The van der Waals surface area contributed by atoms with Gasteiger partial charge in [0.25, 0.3) is 5.91 Å². The fourth-order valence-electron chi connectivity index (χ4n) is 3.59. The van der Waals surface area contributed by atoms with Gasteiger partial charge < -0.3 is 24.8 Å². The molecule has 0 radical (unpaired) electrons. The van der Waals surface area contributed by atoms with Gasteiger partial charge in [0, 0.05) is 17.8 Å². The van der Waals surface area contributed by atoms with Gasteiger partial charge in [-0.15, -0.1) is 0 Å². The molecule has 0 heterocycles. The molecule has 3 aromatic rings. The lowest BCUT2D eigenvalue weighted by atomic mass is 9.87. The van der Waals surface area contributed by atoms with Gasteiger partial charge in [0.1, 0.15) is 11.5 Å². The van der Waals surface area contributed by atoms with Gasteiger partial charge in [-0.2, -0.15) is 0 Å². The van der Waals surface area contributed by atoms with Crippen molar-refractivity contribution < 1.29 is 33.4 Å². The third-order valence-corrected chi connectivity index (χ3v) is 5.86. The third kappa shape index (κ3) is 10.4. The zero-order valence-electron chi connectivity index (χ0n) is 23.8. The van der Waals surface area contributed by atoms with Crippen molar-refractivity contribution >= 4 is 35.1 Å². The predicted molar refractivity (Wildman–Crippen MR) is 156 cm³/mol. The summed E-state index contributed by atoms with van der Waals surface area (Å²) < 4.78 is 15.9. The van der Waals surface area contributed by atoms with Gasteiger partial charge in [0.15, 0.2) is 6.61 Å². The quantitative estimate of drug-likeness (QED) is 0.252. The summed E-state index contributed by atoms with van der Waals surface area (Å²) in [6.07, 6.45) is 0.440. The van der Waals surface area contributed by atoms with Crippen molar-refractivity contribution in [1.29, 1.82) is 0 Å². The van der Waals surface area contributed by atoms with E-state index in [1.807, 2.05) is 31.2 Å². The summed E-state index contributed by atoms with van der Waals surface area (Å²) >= 11 is 0. The number of carbonyl (C=O) groups is 4. The normalized spacial score (nSPS) is 10.8. The Morgan fingerprint density at radius 3 is 1.78 bits per heavy atom. The summed E-state index contributed by atoms with van der Waals surface area (Å²) in [5, 5.41) is 5.29. The van der Waals surface area contributed by atoms with Crippen LogP contribution < -0.4 is 15.4 Å². The first-order valence-electron chi connectivity index (χ1n) is 13.4. The van der Waals surface area contributed by atoms with E-state index < -0.39 is 24.5 Å². The fraction of sp³-hybridized carbons (Fsp3) is 0.312. The molecule has 9 nitrogen and oxygen atoms in total. The van der Waals surface area contributed by atoms with Crippen LogP contribution >= 0.6 is 0 Å². The lowest BCUT2D eigenvalue weighted by Crippen LogP contribution is -2.21. The minimum Gasteiger partial charge on any atom is -0.462 e. The standard InChI is InChI=1S/C32H36N2O7/c1-5-20-39-31(38)22-6-10-24(11-7-22)34-29(36)21-40-30(37)19-18-28(35)33-25-12-16-27(17-13-25)41-26-14-8-23(9-15-26)32(2,3)4/h6-17H,5,18-21H2,1-4H3,(H,33,35)(H,34,36). The molecule has 0 fully saturated rings. The molecule has 9 heteroatoms. The summed E-state index contributed by atoms with van der Waals surface area (Å²) in [4.78, 5) is 48.2. The highest BCUT2D eigenvalue weighted by Gasteiger charge is 2.14. The molecule has 0 bridgehead atoms. The van der Waals surface area contributed by atoms with Crippen LogP contribution in [0, 0.1) is 0 Å². The summed E-state index contributed by atoms with van der Waals surface area (Å²) in [6, 6.07) is 21.0. The molecule has 0 aliphatic heterocycles. The van der Waals surface area contributed by atoms with Gasteiger partial charge in [-0.1, -0.05) is 39.8 Å². The molecule has 41 heavy (non-hydrogen) atoms. The average Bonchev–Trinajstić information content (AvgIpc) is 2.95. The molecule has 0 saturated carbocycles. The Kier molecular flexibility index (Phi) is 11.0. The number of esters is 2. The summed E-state index contributed by atoms with van der Waals surface area (Å²) in [5.41, 5.74) is 2.64. The molecule has 3 rings (SSSR count). The lowest BCUT2D eigenvalue weighted by Gasteiger charge is -2.19. The fourth-order valence-corrected chi connectivity index (χ4v) is 3.59. The third-order valence-electron chi connectivity index (χ3n) is 5.86. The smallest absolute Gasteiger partial charge is 0.338 e. The molecule has 0 aliphatic rings. The van der Waals surface area contributed by atoms with Crippen molar-refractivity contribution in [2.75, 3.05) is 23.8 Å². The summed E-state index contributed by atoms with van der Waals surface area (Å²) in [6.45, 7) is 8.19. The van der Waals surface area contributed by atoms with E-state index in [1.165, 1.54) is 17.7 Å². The number of benzene rings is 3. The number of amides is 2. The van der Waals surface area contributed by atoms with Crippen molar-refractivity contribution in [1.82, 2.24) is 0 Å². The number of hydrogen-bond donors (Lipinski definition) is 2. The van der Waals surface area contributed by atoms with Gasteiger partial charge >= 0.3 is 11.9 Å². The lowest BCUT2D eigenvalue weighted by molar-refractivity contribution is -0.147. The second kappa shape index (κ2) is 14.6. The van der Waals surface area contributed by atoms with E-state index in [0.29, 0.717) is 35.0 Å². The van der Waals surface area contributed by atoms with E-state index in [1.54, 1.807) is 36.4 Å². The predicted octanol–water partition coefficient (Wildman–Crippen LogP) is 6.24. The minimum absolute atomic E-state index is 0.0610. The zero-order valence-corrected chi connectivity index (χ0v) is 23.8. The summed E-state index contributed by atoms with van der Waals surface area (Å²) in [5.74, 6) is -0.688. The van der Waals surface area contributed by atoms with Crippen LogP contribution in [0.5, 0.6) is 11.5 Å². The molecule has 0 unspecified atom stereocenters. The topological polar surface area (TPSA) is 120 Å². The Morgan fingerprint density at radius 1 is 0.683 bits per heavy atom. The molecular formula is C32H36N2O7. The first kappa shape index (κ1) is 30.9. The van der Waals surface area contributed by atoms with Crippen LogP contribution in [-0.4, -0.2) is 37.0 Å². The molecule has 2 N–H and O–H groups in total. The zero-order chi connectivity index (χ0) is 29.8. The molecule has 0 spiro atoms. The van der Waals surface area contributed by atoms with E-state index in [2.05, 4.69) is 31.4 Å². The Labute approximate surface area is 240 Å². The molecule has 3 aromatic carbocycles. The van der Waals surface area contributed by atoms with Crippen LogP contribution in [0.4, 0.5) is 11.4 Å². The largest absolute Gasteiger partial charge is 0.462 e. The Morgan fingerprint density at radius 2 is 1.22 bits per heavy atom. The average molecular weight is 561 g/mol. The van der Waals surface area contributed by atoms with Crippen LogP contribution in [0.15, 0.2) is 72.8 Å². The van der Waals surface area contributed by atoms with E-state index in [4.69, 9.17) is 14.2 Å². The van der Waals surface area contributed by atoms with Crippen LogP contribution in [0.2, 0.25) is 0 Å². The highest BCUT2D eigenvalue weighted by molar-refractivity contribution is 5.95. The first-order chi connectivity index (χ1) is 19.5. The van der Waals surface area contributed by atoms with Gasteiger partial charge in [-0.3, -0.25) is 14.4 Å². The number of anilines is 2. The number of hydrogen-bond acceptors (Lipinski definition) is 7. The molecule has 0 aromatic heterocycles. The Balaban J connectivity index is 1.35. The molecular weight excluding hydrogens is 524 g/mol. The van der Waals surface area contributed by atoms with Crippen molar-refractivity contribution in [2.45, 2.75) is 52.4 Å². The maximum absolute atomic E-state index is 12.3. The van der Waals surface area contributed by atoms with E-state index in [-0.39, 0.29) is 24.2 Å². The van der Waals surface area contributed by atoms with E-state index in [0.717, 1.165) is 6.42 Å². The van der Waals surface area contributed by atoms with Crippen molar-refractivity contribution in [3.8, 4) is 11.5 Å². The van der Waals surface area contributed by atoms with Crippen LogP contribution in [0.1, 0.15) is 62.9 Å². The van der Waals surface area contributed by atoms with Gasteiger partial charge in [-0.25, -0.2) is 4.79 Å². The minimum atomic E-state index is -0.675. The monoisotopic (exact) mass is 560 g/mol. The molecule has 0 aliphatic carbocycles. The number of nitrogens with one attached hydrogen (secondary N) is 2. The maximum atomic E-state index is 12.3. The molecule has 2 amide bonds. The molecule has 0 atom stereocenters. The van der Waals surface area contributed by atoms with Crippen LogP contribution in [0.3, 0.4) is 0 Å².